The minimum Gasteiger partial charge on any atom is -0.444 e. The van der Waals surface area contributed by atoms with Crippen LogP contribution in [0.1, 0.15) is 64.4 Å². The lowest BCUT2D eigenvalue weighted by atomic mass is 9.88. The number of amides is 3. The van der Waals surface area contributed by atoms with E-state index in [9.17, 15) is 19.5 Å². The maximum atomic E-state index is 14.1. The molecule has 5 N–H and O–H groups in total. The fraction of sp³-hybridized carbons (Fsp3) is 0.421. The van der Waals surface area contributed by atoms with Gasteiger partial charge in [0.15, 0.2) is 0 Å². The molecular formula is C38H49N5O5. The van der Waals surface area contributed by atoms with Crippen molar-refractivity contribution in [2.75, 3.05) is 0 Å². The van der Waals surface area contributed by atoms with Gasteiger partial charge in [-0.3, -0.25) is 9.59 Å². The van der Waals surface area contributed by atoms with Crippen molar-refractivity contribution in [1.82, 2.24) is 25.9 Å². The summed E-state index contributed by atoms with van der Waals surface area (Å²) in [5.41, 5.74) is 2.79. The molecule has 256 valence electrons. The van der Waals surface area contributed by atoms with E-state index in [1.807, 2.05) is 98.8 Å². The summed E-state index contributed by atoms with van der Waals surface area (Å²) in [6.07, 6.45) is -0.371. The van der Waals surface area contributed by atoms with Crippen LogP contribution in [0.25, 0.3) is 11.0 Å². The predicted octanol–water partition coefficient (Wildman–Crippen LogP) is 5.46. The molecule has 3 amide bonds. The molecule has 3 aromatic carbocycles. The first-order valence-electron chi connectivity index (χ1n) is 16.7. The molecule has 0 aliphatic rings. The van der Waals surface area contributed by atoms with Crippen LogP contribution in [0.5, 0.6) is 0 Å². The van der Waals surface area contributed by atoms with Crippen LogP contribution in [0.4, 0.5) is 4.79 Å². The zero-order valence-corrected chi connectivity index (χ0v) is 28.5. The molecule has 4 aromatic rings. The van der Waals surface area contributed by atoms with Crippen LogP contribution >= 0.6 is 0 Å². The molecule has 0 saturated heterocycles. The number of carbonyl (C=O) groups is 3. The number of fused-ring (bicyclic) bond motifs is 1. The molecule has 1 aromatic heterocycles. The van der Waals surface area contributed by atoms with Crippen molar-refractivity contribution in [3.05, 3.63) is 102 Å². The number of aliphatic hydroxyl groups excluding tert-OH is 1. The molecule has 5 atom stereocenters. The van der Waals surface area contributed by atoms with E-state index < -0.39 is 35.8 Å². The van der Waals surface area contributed by atoms with Gasteiger partial charge in [0.1, 0.15) is 17.5 Å². The molecule has 0 radical (unpaired) electrons. The van der Waals surface area contributed by atoms with Crippen molar-refractivity contribution in [3.8, 4) is 0 Å². The molecule has 0 fully saturated rings. The average molecular weight is 656 g/mol. The number of benzene rings is 3. The van der Waals surface area contributed by atoms with E-state index in [1.54, 1.807) is 20.8 Å². The van der Waals surface area contributed by atoms with Gasteiger partial charge in [-0.2, -0.15) is 0 Å². The van der Waals surface area contributed by atoms with Gasteiger partial charge >= 0.3 is 6.09 Å². The summed E-state index contributed by atoms with van der Waals surface area (Å²) in [5, 5.41) is 20.4. The van der Waals surface area contributed by atoms with Crippen molar-refractivity contribution < 1.29 is 24.2 Å². The number of imidazole rings is 1. The number of carbonyl (C=O) groups excluding carboxylic acids is 3. The van der Waals surface area contributed by atoms with Gasteiger partial charge in [0.2, 0.25) is 11.8 Å². The molecule has 0 bridgehead atoms. The van der Waals surface area contributed by atoms with E-state index in [-0.39, 0.29) is 30.7 Å². The average Bonchev–Trinajstić information content (AvgIpc) is 3.48. The summed E-state index contributed by atoms with van der Waals surface area (Å²) in [6.45, 7) is 9.40. The van der Waals surface area contributed by atoms with Gasteiger partial charge in [-0.25, -0.2) is 9.78 Å². The number of alkyl carbamates (subject to hydrolysis) is 1. The Morgan fingerprint density at radius 2 is 1.46 bits per heavy atom. The number of aliphatic hydroxyl groups is 1. The van der Waals surface area contributed by atoms with Crippen LogP contribution in [0.15, 0.2) is 84.9 Å². The van der Waals surface area contributed by atoms with Gasteiger partial charge in [-0.1, -0.05) is 93.1 Å². The zero-order valence-electron chi connectivity index (χ0n) is 28.5. The van der Waals surface area contributed by atoms with Crippen molar-refractivity contribution in [3.63, 3.8) is 0 Å². The van der Waals surface area contributed by atoms with Crippen molar-refractivity contribution in [2.24, 2.45) is 11.8 Å². The smallest absolute Gasteiger partial charge is 0.407 e. The molecule has 10 nitrogen and oxygen atoms in total. The Balaban J connectivity index is 1.52. The number of aromatic amines is 1. The van der Waals surface area contributed by atoms with Crippen molar-refractivity contribution >= 4 is 28.9 Å². The van der Waals surface area contributed by atoms with E-state index in [0.717, 1.165) is 22.2 Å². The van der Waals surface area contributed by atoms with Crippen LogP contribution in [0, 0.1) is 11.8 Å². The number of hydrogen-bond acceptors (Lipinski definition) is 6. The quantitative estimate of drug-likeness (QED) is 0.115. The predicted molar refractivity (Wildman–Crippen MR) is 187 cm³/mol. The molecular weight excluding hydrogens is 606 g/mol. The zero-order chi connectivity index (χ0) is 34.7. The maximum absolute atomic E-state index is 14.1. The third-order valence-electron chi connectivity index (χ3n) is 8.35. The van der Waals surface area contributed by atoms with Crippen LogP contribution in [-0.2, 0) is 33.7 Å². The fourth-order valence-electron chi connectivity index (χ4n) is 5.59. The van der Waals surface area contributed by atoms with E-state index in [1.165, 1.54) is 0 Å². The Hall–Kier alpha value is -4.70. The Bertz CT molecular complexity index is 1590. The maximum Gasteiger partial charge on any atom is 0.407 e. The van der Waals surface area contributed by atoms with Crippen LogP contribution in [-0.4, -0.2) is 56.8 Å². The number of nitrogens with one attached hydrogen (secondary N) is 4. The normalized spacial score (nSPS) is 14.7. The Morgan fingerprint density at radius 1 is 0.854 bits per heavy atom. The largest absolute Gasteiger partial charge is 0.444 e. The van der Waals surface area contributed by atoms with E-state index in [2.05, 4.69) is 25.9 Å². The first kappa shape index (κ1) is 36.1. The summed E-state index contributed by atoms with van der Waals surface area (Å²) in [4.78, 5) is 48.2. The highest BCUT2D eigenvalue weighted by Gasteiger charge is 2.33. The molecule has 48 heavy (non-hydrogen) atoms. The second kappa shape index (κ2) is 16.9. The van der Waals surface area contributed by atoms with Gasteiger partial charge in [0, 0.05) is 5.92 Å². The Morgan fingerprint density at radius 3 is 2.06 bits per heavy atom. The second-order valence-electron chi connectivity index (χ2n) is 13.4. The van der Waals surface area contributed by atoms with Gasteiger partial charge in [-0.15, -0.1) is 0 Å². The second-order valence-corrected chi connectivity index (χ2v) is 13.4. The summed E-state index contributed by atoms with van der Waals surface area (Å²) < 4.78 is 5.50. The van der Waals surface area contributed by atoms with Crippen LogP contribution in [0.2, 0.25) is 0 Å². The first-order valence-corrected chi connectivity index (χ1v) is 16.7. The summed E-state index contributed by atoms with van der Waals surface area (Å²) in [5.74, 6) is -0.906. The third-order valence-corrected chi connectivity index (χ3v) is 8.35. The van der Waals surface area contributed by atoms with E-state index in [0.29, 0.717) is 25.1 Å². The van der Waals surface area contributed by atoms with Gasteiger partial charge in [-0.05, 0) is 69.2 Å². The van der Waals surface area contributed by atoms with Crippen LogP contribution < -0.4 is 16.0 Å². The highest BCUT2D eigenvalue weighted by Crippen LogP contribution is 2.21. The lowest BCUT2D eigenvalue weighted by Gasteiger charge is -2.30. The van der Waals surface area contributed by atoms with Crippen molar-refractivity contribution in [2.45, 2.75) is 90.6 Å². The summed E-state index contributed by atoms with van der Waals surface area (Å²) in [6, 6.07) is 25.2. The standard InChI is InChI=1S/C38H49N5O5/c1-6-25(2)34(36(46)39-24-33-40-29-19-13-14-20-30(29)41-33)43-35(45)28(21-26-15-9-7-10-16-26)23-32(44)31(22-27-17-11-8-12-18-27)42-37(47)48-38(3,4)5/h7-20,25,28,31-32,34,44H,6,21-24H2,1-5H3,(H,39,46)(H,40,41)(H,42,47)(H,43,45)/t25?,28-,31+,32+,34+/m1/s1. The molecule has 0 aliphatic carbocycles. The Labute approximate surface area is 283 Å². The number of H-pyrrole nitrogens is 1. The third kappa shape index (κ3) is 10.9. The fourth-order valence-corrected chi connectivity index (χ4v) is 5.59. The summed E-state index contributed by atoms with van der Waals surface area (Å²) >= 11 is 0. The SMILES string of the molecule is CCC(C)[C@H](NC(=O)[C@H](Cc1ccccc1)C[C@H](O)[C@H](Cc1ccccc1)NC(=O)OC(C)(C)C)C(=O)NCc1nc2ccccc2[nH]1. The molecule has 0 spiro atoms. The highest BCUT2D eigenvalue weighted by atomic mass is 16.6. The topological polar surface area (TPSA) is 145 Å². The minimum absolute atomic E-state index is 0.0435. The number of rotatable bonds is 15. The van der Waals surface area contributed by atoms with E-state index >= 15 is 0 Å². The highest BCUT2D eigenvalue weighted by molar-refractivity contribution is 5.89. The van der Waals surface area contributed by atoms with Gasteiger partial charge < -0.3 is 30.8 Å². The number of aromatic nitrogens is 2. The van der Waals surface area contributed by atoms with E-state index in [4.69, 9.17) is 4.74 Å². The number of hydrogen-bond donors (Lipinski definition) is 5. The molecule has 0 aliphatic heterocycles. The van der Waals surface area contributed by atoms with Crippen LogP contribution in [0.3, 0.4) is 0 Å². The lowest BCUT2D eigenvalue weighted by molar-refractivity contribution is -0.133. The lowest BCUT2D eigenvalue weighted by Crippen LogP contribution is -2.53. The Kier molecular flexibility index (Phi) is 12.7. The number of ether oxygens (including phenoxy) is 1. The number of nitrogens with zero attached hydrogens (tertiary/aromatic N) is 1. The molecule has 1 heterocycles. The van der Waals surface area contributed by atoms with Gasteiger partial charge in [0.25, 0.3) is 0 Å². The summed E-state index contributed by atoms with van der Waals surface area (Å²) in [7, 11) is 0. The van der Waals surface area contributed by atoms with Crippen molar-refractivity contribution in [1.29, 1.82) is 0 Å². The molecule has 0 saturated carbocycles. The monoisotopic (exact) mass is 655 g/mol. The molecule has 1 unspecified atom stereocenters. The van der Waals surface area contributed by atoms with Gasteiger partial charge in [0.05, 0.1) is 29.7 Å². The molecule has 4 rings (SSSR count). The first-order chi connectivity index (χ1) is 22.9. The number of para-hydroxylation sites is 2. The molecule has 10 heteroatoms. The minimum atomic E-state index is -1.10.